The highest BCUT2D eigenvalue weighted by atomic mass is 19.1. The molecule has 7 heteroatoms. The third kappa shape index (κ3) is 2.71. The third-order valence-corrected chi connectivity index (χ3v) is 3.40. The number of likely N-dealkylation sites (tertiary alicyclic amines) is 1. The number of amides is 1. The Balaban J connectivity index is 1.63. The van der Waals surface area contributed by atoms with Crippen LogP contribution in [0.1, 0.15) is 19.3 Å². The molecule has 0 bridgehead atoms. The quantitative estimate of drug-likeness (QED) is 0.918. The van der Waals surface area contributed by atoms with E-state index >= 15 is 0 Å². The number of hydrogen-bond donors (Lipinski definition) is 1. The summed E-state index contributed by atoms with van der Waals surface area (Å²) in [7, 11) is 0. The molecule has 1 aliphatic heterocycles. The molecule has 20 heavy (non-hydrogen) atoms. The highest BCUT2D eigenvalue weighted by Crippen LogP contribution is 2.10. The summed E-state index contributed by atoms with van der Waals surface area (Å²) in [5.74, 6) is 0.00837. The number of anilines is 1. The van der Waals surface area contributed by atoms with Crippen LogP contribution >= 0.6 is 0 Å². The smallest absolute Gasteiger partial charge is 0.243 e. The van der Waals surface area contributed by atoms with Crippen LogP contribution in [0.4, 0.5) is 10.3 Å². The molecule has 0 radical (unpaired) electrons. The Morgan fingerprint density at radius 2 is 2.10 bits per heavy atom. The summed E-state index contributed by atoms with van der Waals surface area (Å²) >= 11 is 0. The number of rotatable bonds is 3. The predicted molar refractivity (Wildman–Crippen MR) is 71.9 cm³/mol. The number of pyridine rings is 1. The van der Waals surface area contributed by atoms with Crippen LogP contribution in [0.25, 0.3) is 5.65 Å². The van der Waals surface area contributed by atoms with Gasteiger partial charge >= 0.3 is 0 Å². The zero-order chi connectivity index (χ0) is 13.9. The van der Waals surface area contributed by atoms with Gasteiger partial charge in [-0.3, -0.25) is 4.79 Å². The van der Waals surface area contributed by atoms with Gasteiger partial charge in [-0.05, 0) is 31.4 Å². The molecule has 0 spiro atoms. The van der Waals surface area contributed by atoms with Crippen LogP contribution in [-0.4, -0.2) is 45.0 Å². The van der Waals surface area contributed by atoms with Gasteiger partial charge < -0.3 is 10.2 Å². The monoisotopic (exact) mass is 277 g/mol. The molecule has 1 amide bonds. The summed E-state index contributed by atoms with van der Waals surface area (Å²) in [6.45, 7) is 1.81. The normalized spacial score (nSPS) is 15.6. The summed E-state index contributed by atoms with van der Waals surface area (Å²) in [6, 6.07) is 2.87. The van der Waals surface area contributed by atoms with E-state index in [2.05, 4.69) is 15.4 Å². The average molecular weight is 277 g/mol. The van der Waals surface area contributed by atoms with Crippen molar-refractivity contribution < 1.29 is 9.18 Å². The molecule has 106 valence electrons. The number of hydrogen-bond acceptors (Lipinski definition) is 4. The SMILES string of the molecule is O=C(CNc1nc2ccc(F)cn2n1)N1CCCCC1. The second-order valence-corrected chi connectivity index (χ2v) is 4.88. The molecule has 3 rings (SSSR count). The van der Waals surface area contributed by atoms with Crippen molar-refractivity contribution in [2.45, 2.75) is 19.3 Å². The average Bonchev–Trinajstić information content (AvgIpc) is 2.87. The van der Waals surface area contributed by atoms with Crippen molar-refractivity contribution in [2.75, 3.05) is 25.0 Å². The molecular weight excluding hydrogens is 261 g/mol. The second-order valence-electron chi connectivity index (χ2n) is 4.88. The van der Waals surface area contributed by atoms with Gasteiger partial charge in [-0.25, -0.2) is 8.91 Å². The molecular formula is C13H16FN5O. The summed E-state index contributed by atoms with van der Waals surface area (Å²) in [5.41, 5.74) is 0.541. The van der Waals surface area contributed by atoms with Crippen LogP contribution in [0.5, 0.6) is 0 Å². The lowest BCUT2D eigenvalue weighted by Gasteiger charge is -2.26. The maximum absolute atomic E-state index is 13.0. The minimum Gasteiger partial charge on any atom is -0.344 e. The maximum atomic E-state index is 13.0. The number of piperidine rings is 1. The minimum atomic E-state index is -0.377. The highest BCUT2D eigenvalue weighted by Gasteiger charge is 2.16. The molecule has 6 nitrogen and oxygen atoms in total. The summed E-state index contributed by atoms with van der Waals surface area (Å²) in [4.78, 5) is 18.0. The molecule has 0 aromatic carbocycles. The van der Waals surface area contributed by atoms with Crippen molar-refractivity contribution in [3.63, 3.8) is 0 Å². The van der Waals surface area contributed by atoms with Gasteiger partial charge in [-0.2, -0.15) is 4.98 Å². The Morgan fingerprint density at radius 1 is 1.30 bits per heavy atom. The van der Waals surface area contributed by atoms with Crippen LogP contribution in [-0.2, 0) is 4.79 Å². The van der Waals surface area contributed by atoms with E-state index < -0.39 is 0 Å². The van der Waals surface area contributed by atoms with E-state index in [1.807, 2.05) is 4.90 Å². The molecule has 0 saturated carbocycles. The minimum absolute atomic E-state index is 0.0507. The molecule has 0 unspecified atom stereocenters. The van der Waals surface area contributed by atoms with E-state index in [9.17, 15) is 9.18 Å². The summed E-state index contributed by atoms with van der Waals surface area (Å²) in [5, 5.41) is 6.97. The van der Waals surface area contributed by atoms with Gasteiger partial charge in [0.15, 0.2) is 5.65 Å². The molecule has 0 aliphatic carbocycles. The van der Waals surface area contributed by atoms with Gasteiger partial charge in [0.1, 0.15) is 5.82 Å². The molecule has 1 fully saturated rings. The number of nitrogens with zero attached hydrogens (tertiary/aromatic N) is 4. The number of halogens is 1. The predicted octanol–water partition coefficient (Wildman–Crippen LogP) is 1.29. The molecule has 3 heterocycles. The van der Waals surface area contributed by atoms with E-state index in [0.29, 0.717) is 11.6 Å². The fourth-order valence-electron chi connectivity index (χ4n) is 2.34. The van der Waals surface area contributed by atoms with E-state index in [1.54, 1.807) is 6.07 Å². The van der Waals surface area contributed by atoms with Crippen LogP contribution in [0.2, 0.25) is 0 Å². The van der Waals surface area contributed by atoms with Gasteiger partial charge in [0.25, 0.3) is 0 Å². The Morgan fingerprint density at radius 3 is 2.90 bits per heavy atom. The third-order valence-electron chi connectivity index (χ3n) is 3.40. The van der Waals surface area contributed by atoms with Crippen LogP contribution < -0.4 is 5.32 Å². The summed E-state index contributed by atoms with van der Waals surface area (Å²) in [6.07, 6.45) is 4.58. The zero-order valence-electron chi connectivity index (χ0n) is 11.0. The van der Waals surface area contributed by atoms with E-state index in [1.165, 1.54) is 23.2 Å². The molecule has 1 aliphatic rings. The lowest BCUT2D eigenvalue weighted by molar-refractivity contribution is -0.130. The van der Waals surface area contributed by atoms with Crippen LogP contribution in [0, 0.1) is 5.82 Å². The largest absolute Gasteiger partial charge is 0.344 e. The maximum Gasteiger partial charge on any atom is 0.243 e. The topological polar surface area (TPSA) is 62.5 Å². The lowest BCUT2D eigenvalue weighted by atomic mass is 10.1. The van der Waals surface area contributed by atoms with Gasteiger partial charge in [0, 0.05) is 13.1 Å². The Kier molecular flexibility index (Phi) is 3.49. The van der Waals surface area contributed by atoms with E-state index in [-0.39, 0.29) is 18.3 Å². The molecule has 1 saturated heterocycles. The number of nitrogens with one attached hydrogen (secondary N) is 1. The first-order chi connectivity index (χ1) is 9.72. The number of carbonyl (C=O) groups excluding carboxylic acids is 1. The van der Waals surface area contributed by atoms with Gasteiger partial charge in [-0.15, -0.1) is 5.10 Å². The zero-order valence-corrected chi connectivity index (χ0v) is 11.0. The van der Waals surface area contributed by atoms with E-state index in [4.69, 9.17) is 0 Å². The van der Waals surface area contributed by atoms with Gasteiger partial charge in [0.05, 0.1) is 12.7 Å². The van der Waals surface area contributed by atoms with Crippen LogP contribution in [0.3, 0.4) is 0 Å². The van der Waals surface area contributed by atoms with Crippen molar-refractivity contribution in [3.8, 4) is 0 Å². The van der Waals surface area contributed by atoms with Crippen molar-refractivity contribution in [1.82, 2.24) is 19.5 Å². The summed E-state index contributed by atoms with van der Waals surface area (Å²) < 4.78 is 14.4. The molecule has 0 atom stereocenters. The fourth-order valence-corrected chi connectivity index (χ4v) is 2.34. The van der Waals surface area contributed by atoms with Crippen molar-refractivity contribution in [2.24, 2.45) is 0 Å². The molecule has 2 aromatic rings. The highest BCUT2D eigenvalue weighted by molar-refractivity contribution is 5.80. The number of fused-ring (bicyclic) bond motifs is 1. The number of carbonyl (C=O) groups is 1. The second kappa shape index (κ2) is 5.44. The Labute approximate surface area is 115 Å². The van der Waals surface area contributed by atoms with Crippen molar-refractivity contribution in [3.05, 3.63) is 24.1 Å². The fraction of sp³-hybridized carbons (Fsp3) is 0.462. The van der Waals surface area contributed by atoms with Crippen LogP contribution in [0.15, 0.2) is 18.3 Å². The first-order valence-corrected chi connectivity index (χ1v) is 6.76. The van der Waals surface area contributed by atoms with Crippen molar-refractivity contribution >= 4 is 17.5 Å². The first-order valence-electron chi connectivity index (χ1n) is 6.76. The lowest BCUT2D eigenvalue weighted by Crippen LogP contribution is -2.39. The Hall–Kier alpha value is -2.18. The van der Waals surface area contributed by atoms with Crippen molar-refractivity contribution in [1.29, 1.82) is 0 Å². The standard InChI is InChI=1S/C13H16FN5O/c14-10-4-5-11-16-13(17-19(11)9-10)15-8-12(20)18-6-2-1-3-7-18/h4-5,9H,1-3,6-8H2,(H,15,17). The number of aromatic nitrogens is 3. The first kappa shape index (κ1) is 12.8. The Bertz CT molecular complexity index is 620. The van der Waals surface area contributed by atoms with Gasteiger partial charge in [0.2, 0.25) is 11.9 Å². The molecule has 1 N–H and O–H groups in total. The van der Waals surface area contributed by atoms with Gasteiger partial charge in [-0.1, -0.05) is 0 Å². The molecule has 2 aromatic heterocycles. The van der Waals surface area contributed by atoms with E-state index in [0.717, 1.165) is 25.9 Å².